The third-order valence-electron chi connectivity index (χ3n) is 2.24. The standard InChI is InChI=1S/C11H16ClFNO3P/c1-3-16-18(15,17-4-2)11(14)9-6-5-8(12)7-10(9)13/h5-7,11H,3-4,14H2,1-2H3/t11-/m1/s1. The van der Waals surface area contributed by atoms with E-state index in [2.05, 4.69) is 0 Å². The monoisotopic (exact) mass is 295 g/mol. The van der Waals surface area contributed by atoms with Crippen LogP contribution >= 0.6 is 19.2 Å². The summed E-state index contributed by atoms with van der Waals surface area (Å²) in [7, 11) is -3.58. The van der Waals surface area contributed by atoms with Crippen molar-refractivity contribution in [3.63, 3.8) is 0 Å². The Balaban J connectivity index is 3.09. The lowest BCUT2D eigenvalue weighted by molar-refractivity contribution is 0.212. The van der Waals surface area contributed by atoms with E-state index in [9.17, 15) is 8.96 Å². The predicted molar refractivity (Wildman–Crippen MR) is 69.2 cm³/mol. The van der Waals surface area contributed by atoms with Gasteiger partial charge in [0.25, 0.3) is 0 Å². The van der Waals surface area contributed by atoms with Gasteiger partial charge in [-0.3, -0.25) is 4.57 Å². The Labute approximate surface area is 111 Å². The van der Waals surface area contributed by atoms with E-state index in [0.29, 0.717) is 0 Å². The van der Waals surface area contributed by atoms with Crippen molar-refractivity contribution >= 4 is 19.2 Å². The topological polar surface area (TPSA) is 61.5 Å². The molecule has 0 aliphatic rings. The first-order valence-electron chi connectivity index (χ1n) is 5.54. The third-order valence-corrected chi connectivity index (χ3v) is 4.67. The normalized spacial score (nSPS) is 13.6. The van der Waals surface area contributed by atoms with Crippen LogP contribution in [0, 0.1) is 5.82 Å². The molecule has 0 radical (unpaired) electrons. The maximum atomic E-state index is 13.7. The minimum absolute atomic E-state index is 0.0598. The molecule has 2 N–H and O–H groups in total. The highest BCUT2D eigenvalue weighted by molar-refractivity contribution is 7.54. The number of hydrogen-bond acceptors (Lipinski definition) is 4. The average molecular weight is 296 g/mol. The van der Waals surface area contributed by atoms with E-state index in [1.165, 1.54) is 12.1 Å². The lowest BCUT2D eigenvalue weighted by Crippen LogP contribution is -2.16. The van der Waals surface area contributed by atoms with Crippen LogP contribution in [0.5, 0.6) is 0 Å². The zero-order valence-electron chi connectivity index (χ0n) is 10.2. The van der Waals surface area contributed by atoms with Crippen molar-refractivity contribution in [3.8, 4) is 0 Å². The average Bonchev–Trinajstić information content (AvgIpc) is 2.29. The van der Waals surface area contributed by atoms with E-state index in [4.69, 9.17) is 26.4 Å². The molecular formula is C11H16ClFNO3P. The Morgan fingerprint density at radius 1 is 1.39 bits per heavy atom. The summed E-state index contributed by atoms with van der Waals surface area (Å²) in [6.45, 7) is 3.66. The second kappa shape index (κ2) is 6.64. The molecule has 0 aliphatic carbocycles. The number of halogens is 2. The maximum absolute atomic E-state index is 13.7. The van der Waals surface area contributed by atoms with Gasteiger partial charge >= 0.3 is 7.60 Å². The van der Waals surface area contributed by atoms with Gasteiger partial charge in [0.15, 0.2) is 0 Å². The zero-order valence-corrected chi connectivity index (χ0v) is 11.9. The van der Waals surface area contributed by atoms with Crippen LogP contribution in [0.15, 0.2) is 18.2 Å². The van der Waals surface area contributed by atoms with Crippen LogP contribution in [-0.2, 0) is 13.6 Å². The summed E-state index contributed by atoms with van der Waals surface area (Å²) in [5.74, 6) is -1.80. The smallest absolute Gasteiger partial charge is 0.314 e. The third kappa shape index (κ3) is 3.53. The fraction of sp³-hybridized carbons (Fsp3) is 0.455. The van der Waals surface area contributed by atoms with Crippen molar-refractivity contribution in [2.45, 2.75) is 19.6 Å². The molecule has 0 fully saturated rings. The molecule has 0 saturated carbocycles. The van der Waals surface area contributed by atoms with Crippen molar-refractivity contribution < 1.29 is 18.0 Å². The lowest BCUT2D eigenvalue weighted by atomic mass is 10.2. The van der Waals surface area contributed by atoms with Gasteiger partial charge in [-0.15, -0.1) is 0 Å². The predicted octanol–water partition coefficient (Wildman–Crippen LogP) is 3.70. The molecule has 1 aromatic rings. The first kappa shape index (κ1) is 15.6. The highest BCUT2D eigenvalue weighted by Gasteiger charge is 2.35. The Bertz CT molecular complexity index is 448. The van der Waals surface area contributed by atoms with Crippen LogP contribution in [-0.4, -0.2) is 13.2 Å². The fourth-order valence-corrected chi connectivity index (χ4v) is 3.29. The number of nitrogens with two attached hydrogens (primary N) is 1. The molecule has 4 nitrogen and oxygen atoms in total. The van der Waals surface area contributed by atoms with Crippen LogP contribution < -0.4 is 5.73 Å². The molecular weight excluding hydrogens is 280 g/mol. The molecule has 18 heavy (non-hydrogen) atoms. The molecule has 0 bridgehead atoms. The molecule has 1 atom stereocenters. The summed E-state index contributed by atoms with van der Waals surface area (Å²) in [4.78, 5) is 0. The van der Waals surface area contributed by atoms with E-state index in [0.717, 1.165) is 6.07 Å². The van der Waals surface area contributed by atoms with Gasteiger partial charge < -0.3 is 14.8 Å². The maximum Gasteiger partial charge on any atom is 0.351 e. The summed E-state index contributed by atoms with van der Waals surface area (Å²) in [5, 5.41) is 0.242. The van der Waals surface area contributed by atoms with E-state index >= 15 is 0 Å². The summed E-state index contributed by atoms with van der Waals surface area (Å²) in [6, 6.07) is 3.97. The number of benzene rings is 1. The highest BCUT2D eigenvalue weighted by atomic mass is 35.5. The summed E-state index contributed by atoms with van der Waals surface area (Å²) >= 11 is 5.65. The van der Waals surface area contributed by atoms with Gasteiger partial charge in [0.05, 0.1) is 13.2 Å². The second-order valence-corrected chi connectivity index (χ2v) is 6.07. The van der Waals surface area contributed by atoms with Crippen LogP contribution in [0.2, 0.25) is 5.02 Å². The molecule has 1 rings (SSSR count). The van der Waals surface area contributed by atoms with Crippen molar-refractivity contribution in [3.05, 3.63) is 34.6 Å². The molecule has 102 valence electrons. The van der Waals surface area contributed by atoms with Crippen molar-refractivity contribution in [1.82, 2.24) is 0 Å². The van der Waals surface area contributed by atoms with E-state index in [1.807, 2.05) is 0 Å². The first-order chi connectivity index (χ1) is 8.44. The van der Waals surface area contributed by atoms with Crippen LogP contribution in [0.1, 0.15) is 25.2 Å². The SMILES string of the molecule is CCOP(=O)(OCC)[C@@H](N)c1ccc(Cl)cc1F. The summed E-state index contributed by atoms with van der Waals surface area (Å²) < 4.78 is 36.3. The second-order valence-electron chi connectivity index (χ2n) is 3.49. The minimum Gasteiger partial charge on any atom is -0.314 e. The van der Waals surface area contributed by atoms with Gasteiger partial charge in [0, 0.05) is 10.6 Å². The summed E-state index contributed by atoms with van der Waals surface area (Å²) in [6.07, 6.45) is 0. The van der Waals surface area contributed by atoms with Crippen LogP contribution in [0.4, 0.5) is 4.39 Å². The quantitative estimate of drug-likeness (QED) is 0.813. The van der Waals surface area contributed by atoms with Gasteiger partial charge in [0.1, 0.15) is 11.6 Å². The van der Waals surface area contributed by atoms with Gasteiger partial charge in [-0.2, -0.15) is 0 Å². The molecule has 0 spiro atoms. The van der Waals surface area contributed by atoms with Gasteiger partial charge in [-0.25, -0.2) is 4.39 Å². The van der Waals surface area contributed by atoms with Crippen LogP contribution in [0.3, 0.4) is 0 Å². The molecule has 0 aliphatic heterocycles. The minimum atomic E-state index is -3.58. The number of rotatable bonds is 6. The molecule has 0 unspecified atom stereocenters. The number of hydrogen-bond donors (Lipinski definition) is 1. The Hall–Kier alpha value is -0.450. The molecule has 0 aromatic heterocycles. The Morgan fingerprint density at radius 2 is 1.94 bits per heavy atom. The largest absolute Gasteiger partial charge is 0.351 e. The van der Waals surface area contributed by atoms with Crippen LogP contribution in [0.25, 0.3) is 0 Å². The lowest BCUT2D eigenvalue weighted by Gasteiger charge is -2.23. The summed E-state index contributed by atoms with van der Waals surface area (Å²) in [5.41, 5.74) is 5.86. The zero-order chi connectivity index (χ0) is 13.8. The fourth-order valence-electron chi connectivity index (χ4n) is 1.47. The Morgan fingerprint density at radius 3 is 2.39 bits per heavy atom. The Kier molecular flexibility index (Phi) is 5.76. The molecule has 0 heterocycles. The highest BCUT2D eigenvalue weighted by Crippen LogP contribution is 2.58. The van der Waals surface area contributed by atoms with E-state index in [-0.39, 0.29) is 23.8 Å². The van der Waals surface area contributed by atoms with Crippen molar-refractivity contribution in [1.29, 1.82) is 0 Å². The molecule has 0 amide bonds. The molecule has 0 saturated heterocycles. The van der Waals surface area contributed by atoms with Gasteiger partial charge in [-0.1, -0.05) is 17.7 Å². The first-order valence-corrected chi connectivity index (χ1v) is 7.53. The van der Waals surface area contributed by atoms with Crippen molar-refractivity contribution in [2.75, 3.05) is 13.2 Å². The molecule has 1 aromatic carbocycles. The van der Waals surface area contributed by atoms with E-state index in [1.54, 1.807) is 13.8 Å². The van der Waals surface area contributed by atoms with E-state index < -0.39 is 19.2 Å². The van der Waals surface area contributed by atoms with Gasteiger partial charge in [-0.05, 0) is 26.0 Å². The van der Waals surface area contributed by atoms with Gasteiger partial charge in [0.2, 0.25) is 0 Å². The molecule has 7 heteroatoms. The van der Waals surface area contributed by atoms with Crippen molar-refractivity contribution in [2.24, 2.45) is 5.73 Å².